The fraction of sp³-hybridized carbons (Fsp3) is 0.190. The zero-order valence-corrected chi connectivity index (χ0v) is 18.8. The summed E-state index contributed by atoms with van der Waals surface area (Å²) in [6.07, 6.45) is 2.64. The van der Waals surface area contributed by atoms with Gasteiger partial charge in [0, 0.05) is 11.4 Å². The molecule has 0 fully saturated rings. The zero-order valence-electron chi connectivity index (χ0n) is 16.4. The molecule has 1 aliphatic heterocycles. The number of nitrogens with one attached hydrogen (secondary N) is 2. The molecular formula is C21H17ClF3N3O2S2. The molecule has 2 heterocycles. The van der Waals surface area contributed by atoms with Crippen LogP contribution in [-0.4, -0.2) is 28.4 Å². The molecule has 2 unspecified atom stereocenters. The van der Waals surface area contributed by atoms with Gasteiger partial charge in [-0.05, 0) is 42.3 Å². The maximum Gasteiger partial charge on any atom is 0.159 e. The van der Waals surface area contributed by atoms with E-state index < -0.39 is 28.4 Å². The molecule has 2 aromatic carbocycles. The average molecular weight is 500 g/mol. The topological polar surface area (TPSA) is 63.2 Å². The molecule has 1 aliphatic rings. The third kappa shape index (κ3) is 5.15. The van der Waals surface area contributed by atoms with Gasteiger partial charge < -0.3 is 10.1 Å². The van der Waals surface area contributed by atoms with Crippen LogP contribution in [0.1, 0.15) is 12.0 Å². The Kier molecular flexibility index (Phi) is 7.14. The van der Waals surface area contributed by atoms with Crippen molar-refractivity contribution < 1.29 is 22.1 Å². The van der Waals surface area contributed by atoms with Crippen LogP contribution in [0, 0.1) is 17.5 Å². The number of hydrogen-bond donors (Lipinski definition) is 2. The summed E-state index contributed by atoms with van der Waals surface area (Å²) in [6.45, 7) is 0.743. The third-order valence-electron chi connectivity index (χ3n) is 4.75. The Morgan fingerprint density at radius 3 is 2.81 bits per heavy atom. The molecule has 32 heavy (non-hydrogen) atoms. The molecule has 4 rings (SSSR count). The fourth-order valence-electron chi connectivity index (χ4n) is 3.23. The van der Waals surface area contributed by atoms with Crippen molar-refractivity contribution in [2.45, 2.75) is 17.4 Å². The van der Waals surface area contributed by atoms with Crippen LogP contribution in [0.3, 0.4) is 0 Å². The van der Waals surface area contributed by atoms with Gasteiger partial charge in [0.1, 0.15) is 24.0 Å². The van der Waals surface area contributed by atoms with E-state index in [2.05, 4.69) is 15.0 Å². The minimum absolute atomic E-state index is 0.0729. The van der Waals surface area contributed by atoms with Gasteiger partial charge in [-0.25, -0.2) is 22.4 Å². The van der Waals surface area contributed by atoms with Crippen molar-refractivity contribution in [1.82, 2.24) is 10.3 Å². The molecule has 0 saturated carbocycles. The Morgan fingerprint density at radius 1 is 1.22 bits per heavy atom. The van der Waals surface area contributed by atoms with Crippen LogP contribution in [0.4, 0.5) is 19.0 Å². The highest BCUT2D eigenvalue weighted by atomic mass is 35.5. The maximum absolute atomic E-state index is 14.6. The molecule has 1 aromatic heterocycles. The molecule has 11 heteroatoms. The van der Waals surface area contributed by atoms with Crippen molar-refractivity contribution in [3.63, 3.8) is 0 Å². The molecule has 2 N–H and O–H groups in total. The number of anilines is 1. The minimum atomic E-state index is -1.89. The van der Waals surface area contributed by atoms with E-state index in [4.69, 9.17) is 16.3 Å². The summed E-state index contributed by atoms with van der Waals surface area (Å²) >= 11 is 7.55. The van der Waals surface area contributed by atoms with E-state index in [-0.39, 0.29) is 28.3 Å². The average Bonchev–Trinajstić information content (AvgIpc) is 3.29. The lowest BCUT2D eigenvalue weighted by molar-refractivity contribution is 0.287. The monoisotopic (exact) mass is 499 g/mol. The number of ether oxygens (including phenoxy) is 1. The van der Waals surface area contributed by atoms with Crippen molar-refractivity contribution in [1.29, 1.82) is 0 Å². The standard InChI is InChI=1S/C21H17ClF3N3O2S2/c22-14-7-20(32(29)28-21-10-31-11-27-21)17(25)8-19(14)30-9-18-13(2-1-5-26-18)12-3-4-15(23)16(24)6-12/h2-4,6-8,10-11,18,26,28H,1,5,9H2. The predicted octanol–water partition coefficient (Wildman–Crippen LogP) is 5.17. The predicted molar refractivity (Wildman–Crippen MR) is 120 cm³/mol. The molecule has 0 amide bonds. The van der Waals surface area contributed by atoms with E-state index in [1.807, 2.05) is 6.08 Å². The summed E-state index contributed by atoms with van der Waals surface area (Å²) in [6, 6.07) is 5.67. The van der Waals surface area contributed by atoms with Crippen molar-refractivity contribution in [2.75, 3.05) is 17.9 Å². The first-order chi connectivity index (χ1) is 15.4. The Bertz CT molecular complexity index is 1180. The highest BCUT2D eigenvalue weighted by Crippen LogP contribution is 2.31. The van der Waals surface area contributed by atoms with Crippen LogP contribution in [0.5, 0.6) is 5.75 Å². The van der Waals surface area contributed by atoms with Crippen LogP contribution in [0.15, 0.2) is 52.2 Å². The number of aromatic nitrogens is 1. The van der Waals surface area contributed by atoms with Crippen LogP contribution in [-0.2, 0) is 11.0 Å². The summed E-state index contributed by atoms with van der Waals surface area (Å²) in [5.74, 6) is -2.17. The molecule has 0 bridgehead atoms. The lowest BCUT2D eigenvalue weighted by Crippen LogP contribution is -2.38. The maximum atomic E-state index is 14.6. The molecule has 2 atom stereocenters. The number of rotatable bonds is 7. The summed E-state index contributed by atoms with van der Waals surface area (Å²) in [5.41, 5.74) is 2.83. The van der Waals surface area contributed by atoms with Crippen molar-refractivity contribution in [2.24, 2.45) is 0 Å². The second-order valence-electron chi connectivity index (χ2n) is 6.85. The third-order valence-corrected chi connectivity index (χ3v) is 6.74. The van der Waals surface area contributed by atoms with E-state index in [9.17, 15) is 17.4 Å². The summed E-state index contributed by atoms with van der Waals surface area (Å²) in [7, 11) is -1.89. The number of nitrogens with zero attached hydrogens (tertiary/aromatic N) is 1. The number of halogens is 4. The first-order valence-electron chi connectivity index (χ1n) is 9.49. The Balaban J connectivity index is 1.48. The van der Waals surface area contributed by atoms with E-state index in [1.54, 1.807) is 10.9 Å². The minimum Gasteiger partial charge on any atom is -0.490 e. The fourth-order valence-corrected chi connectivity index (χ4v) is 4.94. The second-order valence-corrected chi connectivity index (χ2v) is 9.16. The normalized spacial score (nSPS) is 17.0. The Labute approximate surface area is 193 Å². The molecule has 3 aromatic rings. The lowest BCUT2D eigenvalue weighted by atomic mass is 9.95. The number of thiazole rings is 1. The van der Waals surface area contributed by atoms with Crippen LogP contribution in [0.25, 0.3) is 5.57 Å². The van der Waals surface area contributed by atoms with Gasteiger partial charge in [-0.15, -0.1) is 11.3 Å². The van der Waals surface area contributed by atoms with Gasteiger partial charge in [0.15, 0.2) is 22.6 Å². The summed E-state index contributed by atoms with van der Waals surface area (Å²) < 4.78 is 62.3. The van der Waals surface area contributed by atoms with Gasteiger partial charge in [0.2, 0.25) is 0 Å². The van der Waals surface area contributed by atoms with E-state index in [0.29, 0.717) is 24.3 Å². The van der Waals surface area contributed by atoms with Crippen molar-refractivity contribution in [3.8, 4) is 5.75 Å². The molecule has 0 aliphatic carbocycles. The largest absolute Gasteiger partial charge is 0.490 e. The van der Waals surface area contributed by atoms with Gasteiger partial charge in [-0.1, -0.05) is 23.7 Å². The van der Waals surface area contributed by atoms with E-state index in [1.165, 1.54) is 23.5 Å². The van der Waals surface area contributed by atoms with Crippen LogP contribution < -0.4 is 14.8 Å². The summed E-state index contributed by atoms with van der Waals surface area (Å²) in [4.78, 5) is 3.82. The van der Waals surface area contributed by atoms with Gasteiger partial charge in [0.05, 0.1) is 21.5 Å². The Morgan fingerprint density at radius 2 is 2.06 bits per heavy atom. The number of hydrogen-bond acceptors (Lipinski definition) is 5. The molecule has 0 spiro atoms. The SMILES string of the molecule is O=S(Nc1cscn1)c1cc(Cl)c(OCC2NCCC=C2c2ccc(F)c(F)c2)cc1F. The first-order valence-corrected chi connectivity index (χ1v) is 12.0. The van der Waals surface area contributed by atoms with Gasteiger partial charge >= 0.3 is 0 Å². The summed E-state index contributed by atoms with van der Waals surface area (Å²) in [5, 5.41) is 4.98. The molecule has 0 radical (unpaired) electrons. The van der Waals surface area contributed by atoms with E-state index in [0.717, 1.165) is 23.8 Å². The molecular weight excluding hydrogens is 483 g/mol. The Hall–Kier alpha value is -2.40. The van der Waals surface area contributed by atoms with Gasteiger partial charge in [-0.3, -0.25) is 4.72 Å². The van der Waals surface area contributed by atoms with Crippen molar-refractivity contribution in [3.05, 3.63) is 75.3 Å². The molecule has 168 valence electrons. The molecule has 0 saturated heterocycles. The smallest absolute Gasteiger partial charge is 0.159 e. The van der Waals surface area contributed by atoms with Crippen LogP contribution >= 0.6 is 22.9 Å². The number of benzene rings is 2. The second kappa shape index (κ2) is 10.0. The van der Waals surface area contributed by atoms with Crippen LogP contribution in [0.2, 0.25) is 5.02 Å². The van der Waals surface area contributed by atoms with E-state index >= 15 is 0 Å². The van der Waals surface area contributed by atoms with Gasteiger partial charge in [0.25, 0.3) is 0 Å². The molecule has 5 nitrogen and oxygen atoms in total. The first kappa shape index (κ1) is 22.8. The highest BCUT2D eigenvalue weighted by Gasteiger charge is 2.22. The highest BCUT2D eigenvalue weighted by molar-refractivity contribution is 7.86. The lowest BCUT2D eigenvalue weighted by Gasteiger charge is -2.26. The van der Waals surface area contributed by atoms with Crippen molar-refractivity contribution >= 4 is 45.3 Å². The zero-order chi connectivity index (χ0) is 22.7. The quantitative estimate of drug-likeness (QED) is 0.470. The van der Waals surface area contributed by atoms with Gasteiger partial charge in [-0.2, -0.15) is 0 Å².